The molecule has 0 aromatic heterocycles. The summed E-state index contributed by atoms with van der Waals surface area (Å²) >= 11 is 3.37. The van der Waals surface area contributed by atoms with Crippen LogP contribution >= 0.6 is 23.5 Å². The van der Waals surface area contributed by atoms with Crippen molar-refractivity contribution >= 4 is 29.4 Å². The highest BCUT2D eigenvalue weighted by Crippen LogP contribution is 2.37. The Hall–Kier alpha value is -1.39. The van der Waals surface area contributed by atoms with Crippen LogP contribution in [0.4, 0.5) is 0 Å². The number of thioether (sulfide) groups is 2. The van der Waals surface area contributed by atoms with E-state index in [1.54, 1.807) is 23.5 Å². The number of primary amides is 1. The van der Waals surface area contributed by atoms with Crippen LogP contribution in [-0.4, -0.2) is 10.5 Å². The average Bonchev–Trinajstić information content (AvgIpc) is 2.43. The predicted molar refractivity (Wildman–Crippen MR) is 91.7 cm³/mol. The molecule has 2 aromatic carbocycles. The summed E-state index contributed by atoms with van der Waals surface area (Å²) in [5.41, 5.74) is 7.85. The van der Waals surface area contributed by atoms with Gasteiger partial charge in [-0.25, -0.2) is 0 Å². The van der Waals surface area contributed by atoms with Crippen molar-refractivity contribution in [3.05, 3.63) is 59.7 Å². The van der Waals surface area contributed by atoms with Gasteiger partial charge in [0.2, 0.25) is 5.91 Å². The van der Waals surface area contributed by atoms with Crippen LogP contribution in [-0.2, 0) is 4.79 Å². The molecule has 0 atom stereocenters. The number of nitrogens with two attached hydrogens (primary N) is 1. The molecule has 0 aliphatic carbocycles. The number of rotatable bonds is 6. The fraction of sp³-hybridized carbons (Fsp3) is 0.235. The van der Waals surface area contributed by atoms with Crippen molar-refractivity contribution in [1.29, 1.82) is 0 Å². The molecule has 0 saturated heterocycles. The lowest BCUT2D eigenvalue weighted by atomic mass is 10.2. The van der Waals surface area contributed by atoms with E-state index in [2.05, 4.69) is 62.4 Å². The van der Waals surface area contributed by atoms with E-state index in [0.717, 1.165) is 9.79 Å². The first-order valence-electron chi connectivity index (χ1n) is 6.78. The minimum atomic E-state index is -0.265. The number of amides is 1. The van der Waals surface area contributed by atoms with Crippen molar-refractivity contribution in [3.63, 3.8) is 0 Å². The highest BCUT2D eigenvalue weighted by atomic mass is 32.2. The molecule has 0 bridgehead atoms. The predicted octanol–water partition coefficient (Wildman–Crippen LogP) is 4.39. The van der Waals surface area contributed by atoms with Crippen LogP contribution in [0.2, 0.25) is 0 Å². The maximum Gasteiger partial charge on any atom is 0.219 e. The summed E-state index contributed by atoms with van der Waals surface area (Å²) in [6.07, 6.45) is 0.358. The highest BCUT2D eigenvalue weighted by molar-refractivity contribution is 8.17. The summed E-state index contributed by atoms with van der Waals surface area (Å²) in [4.78, 5) is 13.6. The van der Waals surface area contributed by atoms with E-state index in [0.29, 0.717) is 6.42 Å². The maximum absolute atomic E-state index is 11.3. The lowest BCUT2D eigenvalue weighted by Crippen LogP contribution is -2.15. The Morgan fingerprint density at radius 2 is 1.29 bits per heavy atom. The van der Waals surface area contributed by atoms with Crippen molar-refractivity contribution in [2.75, 3.05) is 0 Å². The SMILES string of the molecule is Cc1ccc(SC(CC(N)=O)Sc2ccc(C)cc2)cc1. The first-order chi connectivity index (χ1) is 10.0. The van der Waals surface area contributed by atoms with E-state index in [4.69, 9.17) is 5.73 Å². The molecule has 21 heavy (non-hydrogen) atoms. The van der Waals surface area contributed by atoms with Gasteiger partial charge in [-0.2, -0.15) is 0 Å². The summed E-state index contributed by atoms with van der Waals surface area (Å²) in [6, 6.07) is 16.7. The molecule has 0 aliphatic rings. The minimum Gasteiger partial charge on any atom is -0.370 e. The summed E-state index contributed by atoms with van der Waals surface area (Å²) in [5.74, 6) is -0.265. The molecular formula is C17H19NOS2. The molecule has 0 spiro atoms. The third kappa shape index (κ3) is 5.48. The Kier molecular flexibility index (Phi) is 5.76. The third-order valence-corrected chi connectivity index (χ3v) is 5.47. The molecule has 110 valence electrons. The molecule has 4 heteroatoms. The van der Waals surface area contributed by atoms with Gasteiger partial charge in [-0.15, -0.1) is 23.5 Å². The third-order valence-electron chi connectivity index (χ3n) is 2.94. The Bertz CT molecular complexity index is 546. The van der Waals surface area contributed by atoms with Crippen molar-refractivity contribution < 1.29 is 4.79 Å². The Morgan fingerprint density at radius 3 is 1.62 bits per heavy atom. The topological polar surface area (TPSA) is 43.1 Å². The van der Waals surface area contributed by atoms with Gasteiger partial charge in [0.1, 0.15) is 0 Å². The van der Waals surface area contributed by atoms with Crippen LogP contribution in [0.3, 0.4) is 0 Å². The van der Waals surface area contributed by atoms with E-state index in [-0.39, 0.29) is 10.5 Å². The number of hydrogen-bond donors (Lipinski definition) is 1. The Balaban J connectivity index is 2.08. The summed E-state index contributed by atoms with van der Waals surface area (Å²) in [6.45, 7) is 4.13. The molecule has 0 saturated carbocycles. The molecule has 0 heterocycles. The lowest BCUT2D eigenvalue weighted by molar-refractivity contribution is -0.117. The molecule has 0 radical (unpaired) electrons. The van der Waals surface area contributed by atoms with E-state index < -0.39 is 0 Å². The van der Waals surface area contributed by atoms with E-state index in [1.165, 1.54) is 11.1 Å². The Morgan fingerprint density at radius 1 is 0.905 bits per heavy atom. The van der Waals surface area contributed by atoms with Crippen molar-refractivity contribution in [3.8, 4) is 0 Å². The number of aryl methyl sites for hydroxylation is 2. The molecular weight excluding hydrogens is 298 g/mol. The van der Waals surface area contributed by atoms with E-state index in [1.807, 2.05) is 0 Å². The van der Waals surface area contributed by atoms with Gasteiger partial charge in [-0.05, 0) is 38.1 Å². The number of hydrogen-bond acceptors (Lipinski definition) is 3. The summed E-state index contributed by atoms with van der Waals surface area (Å²) in [7, 11) is 0. The monoisotopic (exact) mass is 317 g/mol. The second-order valence-corrected chi connectivity index (χ2v) is 7.81. The van der Waals surface area contributed by atoms with Crippen LogP contribution in [0, 0.1) is 13.8 Å². The van der Waals surface area contributed by atoms with Crippen molar-refractivity contribution in [1.82, 2.24) is 0 Å². The molecule has 2 N–H and O–H groups in total. The fourth-order valence-corrected chi connectivity index (χ4v) is 4.36. The maximum atomic E-state index is 11.3. The second-order valence-electron chi connectivity index (χ2n) is 4.96. The number of carbonyl (C=O) groups is 1. The molecule has 2 nitrogen and oxygen atoms in total. The molecule has 2 aromatic rings. The summed E-state index contributed by atoms with van der Waals surface area (Å²) in [5, 5.41) is 0. The van der Waals surface area contributed by atoms with Gasteiger partial charge in [0, 0.05) is 16.2 Å². The zero-order valence-corrected chi connectivity index (χ0v) is 13.8. The van der Waals surface area contributed by atoms with Gasteiger partial charge in [-0.1, -0.05) is 35.4 Å². The zero-order chi connectivity index (χ0) is 15.2. The fourth-order valence-electron chi connectivity index (χ4n) is 1.81. The van der Waals surface area contributed by atoms with Gasteiger partial charge >= 0.3 is 0 Å². The van der Waals surface area contributed by atoms with E-state index >= 15 is 0 Å². The molecule has 0 fully saturated rings. The van der Waals surface area contributed by atoms with Gasteiger partial charge in [0.05, 0.1) is 4.58 Å². The normalized spacial score (nSPS) is 10.8. The first kappa shape index (κ1) is 16.0. The van der Waals surface area contributed by atoms with Crippen molar-refractivity contribution in [2.24, 2.45) is 5.73 Å². The van der Waals surface area contributed by atoms with Crippen molar-refractivity contribution in [2.45, 2.75) is 34.6 Å². The lowest BCUT2D eigenvalue weighted by Gasteiger charge is -2.15. The van der Waals surface area contributed by atoms with Gasteiger partial charge in [0.25, 0.3) is 0 Å². The molecule has 1 amide bonds. The largest absolute Gasteiger partial charge is 0.370 e. The standard InChI is InChI=1S/C17H19NOS2/c1-12-3-7-14(8-4-12)20-17(11-16(18)19)21-15-9-5-13(2)6-10-15/h3-10,17H,11H2,1-2H3,(H2,18,19). The molecule has 0 aliphatic heterocycles. The van der Waals surface area contributed by atoms with Gasteiger partial charge in [0.15, 0.2) is 0 Å². The average molecular weight is 317 g/mol. The number of benzene rings is 2. The van der Waals surface area contributed by atoms with Crippen LogP contribution in [0.5, 0.6) is 0 Å². The molecule has 0 unspecified atom stereocenters. The van der Waals surface area contributed by atoms with Crippen LogP contribution in [0.25, 0.3) is 0 Å². The van der Waals surface area contributed by atoms with Gasteiger partial charge < -0.3 is 5.73 Å². The highest BCUT2D eigenvalue weighted by Gasteiger charge is 2.15. The second kappa shape index (κ2) is 7.57. The quantitative estimate of drug-likeness (QED) is 0.635. The Labute approximate surface area is 134 Å². The summed E-state index contributed by atoms with van der Waals surface area (Å²) < 4.78 is 0.0907. The van der Waals surface area contributed by atoms with Gasteiger partial charge in [-0.3, -0.25) is 4.79 Å². The van der Waals surface area contributed by atoms with Crippen LogP contribution < -0.4 is 5.73 Å². The molecule has 2 rings (SSSR count). The first-order valence-corrected chi connectivity index (χ1v) is 8.54. The smallest absolute Gasteiger partial charge is 0.219 e. The minimum absolute atomic E-state index is 0.0907. The van der Waals surface area contributed by atoms with Crippen LogP contribution in [0.15, 0.2) is 58.3 Å². The van der Waals surface area contributed by atoms with Crippen LogP contribution in [0.1, 0.15) is 17.5 Å². The zero-order valence-electron chi connectivity index (χ0n) is 12.2. The van der Waals surface area contributed by atoms with E-state index in [9.17, 15) is 4.79 Å². The number of carbonyl (C=O) groups excluding carboxylic acids is 1.